The maximum atomic E-state index is 12.2. The number of nitrogens with one attached hydrogen (secondary N) is 3. The minimum absolute atomic E-state index is 0.00837. The smallest absolute Gasteiger partial charge is 0.312 e. The lowest BCUT2D eigenvalue weighted by atomic mass is 10.1. The number of rotatable bonds is 11. The number of hydrogen-bond acceptors (Lipinski definition) is 5. The number of thiocarbonyl (C=S) groups is 1. The SMILES string of the molecule is CCCCCCCC(=O)N[C@H](NC(=S)Nc1ccc(OC)c([N+](=O)[O-])c1)C(Cl)(Cl)Cl. The van der Waals surface area contributed by atoms with Gasteiger partial charge in [-0.15, -0.1) is 0 Å². The largest absolute Gasteiger partial charge is 0.490 e. The number of alkyl halides is 3. The number of benzene rings is 1. The average Bonchev–Trinajstić information content (AvgIpc) is 2.66. The third kappa shape index (κ3) is 9.51. The molecule has 3 N–H and O–H groups in total. The van der Waals surface area contributed by atoms with E-state index in [1.54, 1.807) is 6.07 Å². The Balaban J connectivity index is 2.70. The van der Waals surface area contributed by atoms with E-state index in [0.29, 0.717) is 12.1 Å². The van der Waals surface area contributed by atoms with Gasteiger partial charge in [-0.2, -0.15) is 0 Å². The summed E-state index contributed by atoms with van der Waals surface area (Å²) in [6.07, 6.45) is 4.20. The van der Waals surface area contributed by atoms with Crippen LogP contribution in [0.3, 0.4) is 0 Å². The predicted molar refractivity (Wildman–Crippen MR) is 125 cm³/mol. The fourth-order valence-electron chi connectivity index (χ4n) is 2.53. The highest BCUT2D eigenvalue weighted by molar-refractivity contribution is 7.80. The first-order valence-electron chi connectivity index (χ1n) is 9.34. The van der Waals surface area contributed by atoms with Crippen LogP contribution in [0.5, 0.6) is 5.75 Å². The van der Waals surface area contributed by atoms with Crippen molar-refractivity contribution in [2.24, 2.45) is 0 Å². The van der Waals surface area contributed by atoms with E-state index in [1.165, 1.54) is 19.2 Å². The molecule has 0 aliphatic carbocycles. The first kappa shape index (κ1) is 26.5. The van der Waals surface area contributed by atoms with Gasteiger partial charge < -0.3 is 20.7 Å². The van der Waals surface area contributed by atoms with Gasteiger partial charge in [-0.1, -0.05) is 67.4 Å². The molecule has 0 saturated heterocycles. The molecule has 0 heterocycles. The molecule has 0 bridgehead atoms. The fraction of sp³-hybridized carbons (Fsp3) is 0.556. The van der Waals surface area contributed by atoms with E-state index >= 15 is 0 Å². The quantitative estimate of drug-likeness (QED) is 0.0975. The van der Waals surface area contributed by atoms with Gasteiger partial charge in [0.1, 0.15) is 6.17 Å². The molecule has 0 aromatic heterocycles. The van der Waals surface area contributed by atoms with Gasteiger partial charge >= 0.3 is 5.69 Å². The zero-order valence-electron chi connectivity index (χ0n) is 16.7. The summed E-state index contributed by atoms with van der Waals surface area (Å²) < 4.78 is 3.08. The zero-order chi connectivity index (χ0) is 22.7. The molecule has 30 heavy (non-hydrogen) atoms. The third-order valence-corrected chi connectivity index (χ3v) is 4.92. The number of nitro groups is 1. The first-order valence-corrected chi connectivity index (χ1v) is 10.9. The molecule has 0 saturated carbocycles. The van der Waals surface area contributed by atoms with Crippen LogP contribution in [-0.4, -0.2) is 33.0 Å². The Kier molecular flexibility index (Phi) is 11.5. The molecule has 1 atom stereocenters. The second-order valence-corrected chi connectivity index (χ2v) is 9.23. The number of amides is 1. The molecule has 0 unspecified atom stereocenters. The minimum atomic E-state index is -1.88. The number of methoxy groups -OCH3 is 1. The van der Waals surface area contributed by atoms with Gasteiger partial charge in [0.05, 0.1) is 12.0 Å². The topological polar surface area (TPSA) is 106 Å². The average molecular weight is 500 g/mol. The van der Waals surface area contributed by atoms with Crippen molar-refractivity contribution in [3.05, 3.63) is 28.3 Å². The molecule has 1 aromatic carbocycles. The summed E-state index contributed by atoms with van der Waals surface area (Å²) >= 11 is 23.1. The minimum Gasteiger partial charge on any atom is -0.490 e. The first-order chi connectivity index (χ1) is 14.1. The van der Waals surface area contributed by atoms with E-state index < -0.39 is 14.9 Å². The second-order valence-electron chi connectivity index (χ2n) is 6.45. The van der Waals surface area contributed by atoms with Crippen LogP contribution >= 0.6 is 47.0 Å². The molecule has 0 fully saturated rings. The maximum absolute atomic E-state index is 12.2. The van der Waals surface area contributed by atoms with Gasteiger partial charge in [0, 0.05) is 18.2 Å². The summed E-state index contributed by atoms with van der Waals surface area (Å²) in [7, 11) is 1.33. The number of hydrogen-bond donors (Lipinski definition) is 3. The number of nitro benzene ring substituents is 1. The molecule has 168 valence electrons. The van der Waals surface area contributed by atoms with Gasteiger partial charge in [0.2, 0.25) is 9.70 Å². The Morgan fingerprint density at radius 2 is 1.90 bits per heavy atom. The molecule has 1 amide bonds. The number of carbonyl (C=O) groups excluding carboxylic acids is 1. The van der Waals surface area contributed by atoms with Gasteiger partial charge in [-0.3, -0.25) is 14.9 Å². The summed E-state index contributed by atoms with van der Waals surface area (Å²) in [5.74, 6) is -0.173. The van der Waals surface area contributed by atoms with E-state index in [2.05, 4.69) is 22.9 Å². The maximum Gasteiger partial charge on any atom is 0.312 e. The molecular weight excluding hydrogens is 475 g/mol. The van der Waals surface area contributed by atoms with E-state index in [0.717, 1.165) is 32.1 Å². The van der Waals surface area contributed by atoms with Crippen molar-refractivity contribution in [3.63, 3.8) is 0 Å². The molecular formula is C18H25Cl3N4O4S. The van der Waals surface area contributed by atoms with E-state index in [1.807, 2.05) is 0 Å². The number of anilines is 1. The highest BCUT2D eigenvalue weighted by Gasteiger charge is 2.34. The lowest BCUT2D eigenvalue weighted by Gasteiger charge is -2.27. The van der Waals surface area contributed by atoms with Crippen LogP contribution in [0.1, 0.15) is 45.4 Å². The van der Waals surface area contributed by atoms with Crippen LogP contribution in [0, 0.1) is 10.1 Å². The van der Waals surface area contributed by atoms with Crippen molar-refractivity contribution in [2.75, 3.05) is 12.4 Å². The Morgan fingerprint density at radius 3 is 2.47 bits per heavy atom. The Labute approximate surface area is 196 Å². The summed E-state index contributed by atoms with van der Waals surface area (Å²) in [5, 5.41) is 19.2. The zero-order valence-corrected chi connectivity index (χ0v) is 19.8. The lowest BCUT2D eigenvalue weighted by Crippen LogP contribution is -2.56. The number of nitrogens with zero attached hydrogens (tertiary/aromatic N) is 1. The Bertz CT molecular complexity index is 747. The summed E-state index contributed by atoms with van der Waals surface area (Å²) in [6, 6.07) is 4.22. The molecule has 0 spiro atoms. The number of ether oxygens (including phenoxy) is 1. The van der Waals surface area contributed by atoms with Crippen molar-refractivity contribution >= 4 is 69.4 Å². The van der Waals surface area contributed by atoms with Gasteiger partial charge in [0.25, 0.3) is 0 Å². The van der Waals surface area contributed by atoms with Crippen LogP contribution in [0.2, 0.25) is 0 Å². The van der Waals surface area contributed by atoms with E-state index in [-0.39, 0.29) is 22.5 Å². The van der Waals surface area contributed by atoms with Crippen molar-refractivity contribution < 1.29 is 14.5 Å². The van der Waals surface area contributed by atoms with Crippen LogP contribution in [-0.2, 0) is 4.79 Å². The predicted octanol–water partition coefficient (Wildman–Crippen LogP) is 5.06. The van der Waals surface area contributed by atoms with Gasteiger partial charge in [0.15, 0.2) is 10.9 Å². The third-order valence-electron chi connectivity index (χ3n) is 4.05. The molecule has 0 aliphatic heterocycles. The molecule has 1 aromatic rings. The number of unbranched alkanes of at least 4 members (excludes halogenated alkanes) is 4. The van der Waals surface area contributed by atoms with Crippen molar-refractivity contribution in [3.8, 4) is 5.75 Å². The normalized spacial score (nSPS) is 12.0. The fourth-order valence-corrected chi connectivity index (χ4v) is 3.09. The summed E-state index contributed by atoms with van der Waals surface area (Å²) in [6.45, 7) is 2.12. The highest BCUT2D eigenvalue weighted by Crippen LogP contribution is 2.31. The van der Waals surface area contributed by atoms with Crippen molar-refractivity contribution in [2.45, 2.75) is 55.4 Å². The molecule has 1 rings (SSSR count). The summed E-state index contributed by atoms with van der Waals surface area (Å²) in [4.78, 5) is 22.7. The Morgan fingerprint density at radius 1 is 1.23 bits per heavy atom. The second kappa shape index (κ2) is 13.0. The standard InChI is InChI=1S/C18H25Cl3N4O4S/c1-3-4-5-6-7-8-15(26)23-16(18(19,20)21)24-17(30)22-12-9-10-14(29-2)13(11-12)25(27)28/h9-11,16H,3-8H2,1-2H3,(H,23,26)(H2,22,24,30)/t16-/m1/s1. The number of halogens is 3. The van der Waals surface area contributed by atoms with Crippen LogP contribution in [0.25, 0.3) is 0 Å². The monoisotopic (exact) mass is 498 g/mol. The van der Waals surface area contributed by atoms with E-state index in [4.69, 9.17) is 51.8 Å². The van der Waals surface area contributed by atoms with Crippen LogP contribution < -0.4 is 20.7 Å². The molecule has 8 nitrogen and oxygen atoms in total. The summed E-state index contributed by atoms with van der Waals surface area (Å²) in [5.41, 5.74) is 0.0879. The van der Waals surface area contributed by atoms with Crippen molar-refractivity contribution in [1.82, 2.24) is 10.6 Å². The number of carbonyl (C=O) groups is 1. The lowest BCUT2D eigenvalue weighted by molar-refractivity contribution is -0.385. The van der Waals surface area contributed by atoms with Gasteiger partial charge in [-0.05, 0) is 30.8 Å². The molecule has 12 heteroatoms. The van der Waals surface area contributed by atoms with Crippen LogP contribution in [0.15, 0.2) is 18.2 Å². The molecule has 0 radical (unpaired) electrons. The van der Waals surface area contributed by atoms with Crippen molar-refractivity contribution in [1.29, 1.82) is 0 Å². The van der Waals surface area contributed by atoms with Crippen LogP contribution in [0.4, 0.5) is 11.4 Å². The van der Waals surface area contributed by atoms with E-state index in [9.17, 15) is 14.9 Å². The highest BCUT2D eigenvalue weighted by atomic mass is 35.6. The Hall–Kier alpha value is -1.55. The van der Waals surface area contributed by atoms with Gasteiger partial charge in [-0.25, -0.2) is 0 Å². The molecule has 0 aliphatic rings.